The number of benzene rings is 2. The van der Waals surface area contributed by atoms with E-state index in [1.54, 1.807) is 0 Å². The molecule has 96 valence electrons. The van der Waals surface area contributed by atoms with Gasteiger partial charge >= 0.3 is 0 Å². The summed E-state index contributed by atoms with van der Waals surface area (Å²) in [6.45, 7) is 5.08. The quantitative estimate of drug-likeness (QED) is 0.866. The summed E-state index contributed by atoms with van der Waals surface area (Å²) in [5, 5.41) is 5.75. The highest BCUT2D eigenvalue weighted by Crippen LogP contribution is 2.21. The number of nitrogens with one attached hydrogen (secondary N) is 1. The predicted octanol–water partition coefficient (Wildman–Crippen LogP) is 3.61. The van der Waals surface area contributed by atoms with Crippen molar-refractivity contribution in [2.24, 2.45) is 0 Å². The maximum absolute atomic E-state index is 5.81. The van der Waals surface area contributed by atoms with Crippen LogP contribution in [0.2, 0.25) is 0 Å². The summed E-state index contributed by atoms with van der Waals surface area (Å²) in [5.41, 5.74) is 0.122. The first-order valence-electron chi connectivity index (χ1n) is 6.41. The molecule has 0 spiro atoms. The van der Waals surface area contributed by atoms with Crippen LogP contribution in [0.3, 0.4) is 0 Å². The van der Waals surface area contributed by atoms with Gasteiger partial charge in [0, 0.05) is 5.54 Å². The largest absolute Gasteiger partial charge is 0.494 e. The molecule has 0 amide bonds. The third-order valence-electron chi connectivity index (χ3n) is 3.39. The van der Waals surface area contributed by atoms with Crippen molar-refractivity contribution in [1.82, 2.24) is 5.32 Å². The molecule has 18 heavy (non-hydrogen) atoms. The molecule has 0 aliphatic heterocycles. The minimum atomic E-state index is 0.122. The van der Waals surface area contributed by atoms with E-state index < -0.39 is 0 Å². The van der Waals surface area contributed by atoms with Gasteiger partial charge in [0.1, 0.15) is 5.75 Å². The van der Waals surface area contributed by atoms with Gasteiger partial charge in [0.25, 0.3) is 0 Å². The molecule has 0 unspecified atom stereocenters. The van der Waals surface area contributed by atoms with Gasteiger partial charge in [-0.05, 0) is 50.2 Å². The Kier molecular flexibility index (Phi) is 3.87. The normalized spacial score (nSPS) is 11.7. The fourth-order valence-electron chi connectivity index (χ4n) is 1.81. The maximum atomic E-state index is 5.81. The van der Waals surface area contributed by atoms with Crippen LogP contribution in [0.5, 0.6) is 5.75 Å². The van der Waals surface area contributed by atoms with Gasteiger partial charge in [0.05, 0.1) is 6.61 Å². The van der Waals surface area contributed by atoms with E-state index in [1.807, 2.05) is 13.1 Å². The molecule has 1 N–H and O–H groups in total. The minimum absolute atomic E-state index is 0.122. The molecule has 0 saturated carbocycles. The molecular formula is C16H21NO. The van der Waals surface area contributed by atoms with E-state index in [0.29, 0.717) is 0 Å². The Balaban J connectivity index is 2.00. The molecule has 0 saturated heterocycles. The zero-order chi connectivity index (χ0) is 13.0. The molecule has 0 bridgehead atoms. The molecule has 0 radical (unpaired) electrons. The number of ether oxygens (including phenoxy) is 1. The predicted molar refractivity (Wildman–Crippen MR) is 77.2 cm³/mol. The molecule has 2 aromatic carbocycles. The van der Waals surface area contributed by atoms with E-state index in [-0.39, 0.29) is 5.54 Å². The molecule has 2 nitrogen and oxygen atoms in total. The highest BCUT2D eigenvalue weighted by atomic mass is 16.5. The monoisotopic (exact) mass is 243 g/mol. The second kappa shape index (κ2) is 5.40. The smallest absolute Gasteiger partial charge is 0.119 e. The average molecular weight is 243 g/mol. The zero-order valence-corrected chi connectivity index (χ0v) is 11.4. The second-order valence-electron chi connectivity index (χ2n) is 5.24. The lowest BCUT2D eigenvalue weighted by Crippen LogP contribution is -2.37. The summed E-state index contributed by atoms with van der Waals surface area (Å²) in [6.07, 6.45) is 0.982. The van der Waals surface area contributed by atoms with Crippen LogP contribution in [-0.4, -0.2) is 19.2 Å². The number of fused-ring (bicyclic) bond motifs is 1. The van der Waals surface area contributed by atoms with Crippen molar-refractivity contribution in [3.05, 3.63) is 42.5 Å². The van der Waals surface area contributed by atoms with Gasteiger partial charge in [-0.15, -0.1) is 0 Å². The highest BCUT2D eigenvalue weighted by molar-refractivity contribution is 5.83. The Hall–Kier alpha value is -1.54. The van der Waals surface area contributed by atoms with E-state index in [1.165, 1.54) is 10.8 Å². The van der Waals surface area contributed by atoms with E-state index in [2.05, 4.69) is 55.6 Å². The molecule has 2 aromatic rings. The van der Waals surface area contributed by atoms with E-state index in [9.17, 15) is 0 Å². The summed E-state index contributed by atoms with van der Waals surface area (Å²) < 4.78 is 5.81. The first-order valence-corrected chi connectivity index (χ1v) is 6.41. The van der Waals surface area contributed by atoms with Crippen molar-refractivity contribution in [3.8, 4) is 5.75 Å². The Labute approximate surface area is 109 Å². The van der Waals surface area contributed by atoms with Crippen molar-refractivity contribution in [1.29, 1.82) is 0 Å². The van der Waals surface area contributed by atoms with Crippen LogP contribution in [0.4, 0.5) is 0 Å². The Bertz CT molecular complexity index is 519. The lowest BCUT2D eigenvalue weighted by molar-refractivity contribution is 0.256. The van der Waals surface area contributed by atoms with Crippen molar-refractivity contribution >= 4 is 10.8 Å². The van der Waals surface area contributed by atoms with Crippen LogP contribution in [0.15, 0.2) is 42.5 Å². The SMILES string of the molecule is CNC(C)(C)CCOc1ccc2ccccc2c1. The highest BCUT2D eigenvalue weighted by Gasteiger charge is 2.14. The van der Waals surface area contributed by atoms with Crippen LogP contribution in [0.25, 0.3) is 10.8 Å². The standard InChI is InChI=1S/C16H21NO/c1-16(2,17-3)10-11-18-15-9-8-13-6-4-5-7-14(13)12-15/h4-9,12,17H,10-11H2,1-3H3. The third-order valence-corrected chi connectivity index (χ3v) is 3.39. The Morgan fingerprint density at radius 3 is 2.50 bits per heavy atom. The molecule has 0 aromatic heterocycles. The summed E-state index contributed by atoms with van der Waals surface area (Å²) in [5.74, 6) is 0.945. The molecule has 2 heteroatoms. The number of rotatable bonds is 5. The Morgan fingerprint density at radius 2 is 1.78 bits per heavy atom. The number of hydrogen-bond acceptors (Lipinski definition) is 2. The van der Waals surface area contributed by atoms with E-state index in [4.69, 9.17) is 4.74 Å². The summed E-state index contributed by atoms with van der Waals surface area (Å²) in [6, 6.07) is 14.6. The third kappa shape index (κ3) is 3.23. The summed E-state index contributed by atoms with van der Waals surface area (Å²) in [4.78, 5) is 0. The van der Waals surface area contributed by atoms with Crippen LogP contribution in [0.1, 0.15) is 20.3 Å². The number of hydrogen-bond donors (Lipinski definition) is 1. The zero-order valence-electron chi connectivity index (χ0n) is 11.4. The van der Waals surface area contributed by atoms with Crippen LogP contribution >= 0.6 is 0 Å². The molecule has 0 atom stereocenters. The van der Waals surface area contributed by atoms with E-state index >= 15 is 0 Å². The summed E-state index contributed by atoms with van der Waals surface area (Å²) >= 11 is 0. The van der Waals surface area contributed by atoms with Gasteiger partial charge in [0.15, 0.2) is 0 Å². The van der Waals surface area contributed by atoms with Gasteiger partial charge in [-0.3, -0.25) is 0 Å². The van der Waals surface area contributed by atoms with Gasteiger partial charge in [0.2, 0.25) is 0 Å². The summed E-state index contributed by atoms with van der Waals surface area (Å²) in [7, 11) is 1.98. The lowest BCUT2D eigenvalue weighted by atomic mass is 10.0. The average Bonchev–Trinajstić information content (AvgIpc) is 2.38. The van der Waals surface area contributed by atoms with Crippen molar-refractivity contribution in [2.75, 3.05) is 13.7 Å². The Morgan fingerprint density at radius 1 is 1.06 bits per heavy atom. The minimum Gasteiger partial charge on any atom is -0.494 e. The van der Waals surface area contributed by atoms with Crippen LogP contribution in [-0.2, 0) is 0 Å². The molecule has 0 fully saturated rings. The van der Waals surface area contributed by atoms with Crippen molar-refractivity contribution < 1.29 is 4.74 Å². The first kappa shape index (κ1) is 12.9. The topological polar surface area (TPSA) is 21.3 Å². The lowest BCUT2D eigenvalue weighted by Gasteiger charge is -2.23. The second-order valence-corrected chi connectivity index (χ2v) is 5.24. The molecule has 2 rings (SSSR count). The van der Waals surface area contributed by atoms with Crippen molar-refractivity contribution in [2.45, 2.75) is 25.8 Å². The van der Waals surface area contributed by atoms with Crippen LogP contribution in [0, 0.1) is 0 Å². The van der Waals surface area contributed by atoms with Gasteiger partial charge in [-0.1, -0.05) is 30.3 Å². The molecule has 0 aliphatic carbocycles. The molecule has 0 aliphatic rings. The van der Waals surface area contributed by atoms with E-state index in [0.717, 1.165) is 18.8 Å². The van der Waals surface area contributed by atoms with Crippen molar-refractivity contribution in [3.63, 3.8) is 0 Å². The first-order chi connectivity index (χ1) is 8.61. The fourth-order valence-corrected chi connectivity index (χ4v) is 1.81. The van der Waals surface area contributed by atoms with Gasteiger partial charge in [-0.25, -0.2) is 0 Å². The molecular weight excluding hydrogens is 222 g/mol. The van der Waals surface area contributed by atoms with Gasteiger partial charge < -0.3 is 10.1 Å². The maximum Gasteiger partial charge on any atom is 0.119 e. The molecule has 0 heterocycles. The fraction of sp³-hybridized carbons (Fsp3) is 0.375. The van der Waals surface area contributed by atoms with Gasteiger partial charge in [-0.2, -0.15) is 0 Å². The van der Waals surface area contributed by atoms with Crippen LogP contribution < -0.4 is 10.1 Å².